The Labute approximate surface area is 173 Å². The third-order valence-electron chi connectivity index (χ3n) is 5.61. The van der Waals surface area contributed by atoms with Gasteiger partial charge in [-0.2, -0.15) is 0 Å². The van der Waals surface area contributed by atoms with Crippen LogP contribution in [-0.2, 0) is 26.5 Å². The van der Waals surface area contributed by atoms with Gasteiger partial charge in [-0.1, -0.05) is 6.07 Å². The summed E-state index contributed by atoms with van der Waals surface area (Å²) in [6, 6.07) is 4.16. The molecule has 1 saturated heterocycles. The summed E-state index contributed by atoms with van der Waals surface area (Å²) >= 11 is 0. The largest absolute Gasteiger partial charge is 0.386 e. The first-order valence-corrected chi connectivity index (χ1v) is 11.0. The number of nitrogens with zero attached hydrogens (tertiary/aromatic N) is 3. The summed E-state index contributed by atoms with van der Waals surface area (Å²) < 4.78 is 44.4. The minimum absolute atomic E-state index is 0.0369. The zero-order chi connectivity index (χ0) is 21.7. The monoisotopic (exact) mass is 432 g/mol. The number of nitrogens with two attached hydrogens (primary N) is 1. The van der Waals surface area contributed by atoms with E-state index in [1.54, 1.807) is 6.92 Å². The number of amidine groups is 1. The number of benzene rings is 1. The summed E-state index contributed by atoms with van der Waals surface area (Å²) in [6.07, 6.45) is 2.85. The van der Waals surface area contributed by atoms with Crippen molar-refractivity contribution in [1.29, 1.82) is 0 Å². The maximum absolute atomic E-state index is 14.7. The maximum atomic E-state index is 14.7. The van der Waals surface area contributed by atoms with Gasteiger partial charge in [-0.3, -0.25) is 14.8 Å². The number of aliphatic imine (C=N–C) groups is 1. The Kier molecular flexibility index (Phi) is 4.74. The van der Waals surface area contributed by atoms with Crippen LogP contribution in [0.4, 0.5) is 4.39 Å². The predicted octanol–water partition coefficient (Wildman–Crippen LogP) is 1.12. The first-order chi connectivity index (χ1) is 14.1. The molecule has 2 aliphatic heterocycles. The molecule has 10 heteroatoms. The third-order valence-corrected chi connectivity index (χ3v) is 8.19. The van der Waals surface area contributed by atoms with Crippen LogP contribution in [0, 0.1) is 12.7 Å². The highest BCUT2D eigenvalue weighted by atomic mass is 32.2. The van der Waals surface area contributed by atoms with Gasteiger partial charge in [0.05, 0.1) is 30.9 Å². The van der Waals surface area contributed by atoms with Crippen LogP contribution in [-0.4, -0.2) is 53.7 Å². The average molecular weight is 432 g/mol. The predicted molar refractivity (Wildman–Crippen MR) is 108 cm³/mol. The van der Waals surface area contributed by atoms with E-state index in [9.17, 15) is 17.6 Å². The summed E-state index contributed by atoms with van der Waals surface area (Å²) in [5.74, 6) is -1.37. The number of ketones is 1. The Hall–Kier alpha value is -2.72. The van der Waals surface area contributed by atoms with E-state index < -0.39 is 31.7 Å². The number of hydrogen-bond acceptors (Lipinski definition) is 8. The number of carbonyl (C=O) groups is 1. The molecule has 1 atom stereocenters. The van der Waals surface area contributed by atoms with Gasteiger partial charge in [0.1, 0.15) is 22.9 Å². The number of Topliss-reactive ketones (excluding diaryl/α,β-unsaturated/α-hetero) is 1. The number of sulfone groups is 1. The van der Waals surface area contributed by atoms with Gasteiger partial charge in [-0.25, -0.2) is 17.8 Å². The number of carbonyl (C=O) groups excluding carboxylic acids is 1. The van der Waals surface area contributed by atoms with E-state index in [0.717, 1.165) is 0 Å². The molecule has 158 valence electrons. The first kappa shape index (κ1) is 20.5. The molecular weight excluding hydrogens is 411 g/mol. The van der Waals surface area contributed by atoms with Crippen molar-refractivity contribution in [3.63, 3.8) is 0 Å². The Bertz CT molecular complexity index is 1160. The maximum Gasteiger partial charge on any atom is 0.187 e. The van der Waals surface area contributed by atoms with Crippen molar-refractivity contribution in [2.45, 2.75) is 30.6 Å². The molecule has 0 bridgehead atoms. The van der Waals surface area contributed by atoms with Crippen molar-refractivity contribution in [1.82, 2.24) is 9.97 Å². The van der Waals surface area contributed by atoms with E-state index in [1.807, 2.05) is 0 Å². The molecule has 2 aromatic rings. The van der Waals surface area contributed by atoms with E-state index >= 15 is 0 Å². The Morgan fingerprint density at radius 3 is 2.57 bits per heavy atom. The lowest BCUT2D eigenvalue weighted by Crippen LogP contribution is -2.68. The standard InChI is InChI=1S/C20H21FN4O4S/c1-12-7-24-16(8-23-12)17(26)6-13-3-4-15(21)14(5-13)19(2)11-30(27,28)20(9-29-10-20)18(22)25-19/h3-5,7-8H,6,9-11H2,1-2H3,(H2,22,25)/t19-/m0/s1. The van der Waals surface area contributed by atoms with E-state index in [2.05, 4.69) is 15.0 Å². The smallest absolute Gasteiger partial charge is 0.187 e. The van der Waals surface area contributed by atoms with Crippen molar-refractivity contribution in [3.05, 3.63) is 58.9 Å². The highest BCUT2D eigenvalue weighted by Crippen LogP contribution is 2.41. The van der Waals surface area contributed by atoms with Gasteiger partial charge in [-0.15, -0.1) is 0 Å². The summed E-state index contributed by atoms with van der Waals surface area (Å²) in [6.45, 7) is 3.20. The van der Waals surface area contributed by atoms with Crippen molar-refractivity contribution in [3.8, 4) is 0 Å². The normalized spacial score (nSPS) is 24.2. The molecule has 0 amide bonds. The second-order valence-corrected chi connectivity index (χ2v) is 10.3. The molecule has 0 saturated carbocycles. The number of ether oxygens (including phenoxy) is 1. The molecule has 3 heterocycles. The molecule has 1 fully saturated rings. The Balaban J connectivity index is 1.68. The second kappa shape index (κ2) is 6.92. The Morgan fingerprint density at radius 2 is 2.00 bits per heavy atom. The van der Waals surface area contributed by atoms with Gasteiger partial charge in [0.2, 0.25) is 0 Å². The molecule has 4 rings (SSSR count). The highest BCUT2D eigenvalue weighted by molar-refractivity contribution is 7.93. The van der Waals surface area contributed by atoms with E-state index in [0.29, 0.717) is 11.3 Å². The third kappa shape index (κ3) is 3.20. The fourth-order valence-electron chi connectivity index (χ4n) is 3.73. The van der Waals surface area contributed by atoms with Crippen LogP contribution in [0.2, 0.25) is 0 Å². The molecule has 0 radical (unpaired) electrons. The lowest BCUT2D eigenvalue weighted by atomic mass is 9.90. The lowest BCUT2D eigenvalue weighted by Gasteiger charge is -2.46. The fourth-order valence-corrected chi connectivity index (χ4v) is 5.85. The van der Waals surface area contributed by atoms with Crippen molar-refractivity contribution in [2.75, 3.05) is 19.0 Å². The van der Waals surface area contributed by atoms with Crippen LogP contribution in [0.5, 0.6) is 0 Å². The quantitative estimate of drug-likeness (QED) is 0.718. The molecule has 2 N–H and O–H groups in total. The minimum Gasteiger partial charge on any atom is -0.386 e. The number of aromatic nitrogens is 2. The molecule has 1 aromatic carbocycles. The first-order valence-electron chi connectivity index (χ1n) is 9.33. The molecule has 1 aromatic heterocycles. The van der Waals surface area contributed by atoms with Gasteiger partial charge in [0.15, 0.2) is 20.4 Å². The van der Waals surface area contributed by atoms with Crippen LogP contribution in [0.25, 0.3) is 0 Å². The molecular formula is C20H21FN4O4S. The summed E-state index contributed by atoms with van der Waals surface area (Å²) in [4.78, 5) is 25.0. The molecule has 1 spiro atoms. The van der Waals surface area contributed by atoms with E-state index in [4.69, 9.17) is 10.5 Å². The van der Waals surface area contributed by atoms with Gasteiger partial charge in [0, 0.05) is 18.2 Å². The molecule has 2 aliphatic rings. The van der Waals surface area contributed by atoms with Crippen LogP contribution in [0.1, 0.15) is 34.2 Å². The van der Waals surface area contributed by atoms with Gasteiger partial charge >= 0.3 is 0 Å². The number of rotatable bonds is 4. The van der Waals surface area contributed by atoms with Gasteiger partial charge in [0.25, 0.3) is 0 Å². The van der Waals surface area contributed by atoms with E-state index in [-0.39, 0.29) is 42.5 Å². The van der Waals surface area contributed by atoms with Crippen LogP contribution in [0.15, 0.2) is 35.6 Å². The molecule has 8 nitrogen and oxygen atoms in total. The van der Waals surface area contributed by atoms with Crippen molar-refractivity contribution < 1.29 is 22.3 Å². The van der Waals surface area contributed by atoms with Crippen molar-refractivity contribution >= 4 is 21.5 Å². The molecule has 0 unspecified atom stereocenters. The van der Waals surface area contributed by atoms with Crippen LogP contribution >= 0.6 is 0 Å². The van der Waals surface area contributed by atoms with Gasteiger partial charge in [-0.05, 0) is 31.5 Å². The van der Waals surface area contributed by atoms with Crippen molar-refractivity contribution in [2.24, 2.45) is 10.7 Å². The Morgan fingerprint density at radius 1 is 1.27 bits per heavy atom. The lowest BCUT2D eigenvalue weighted by molar-refractivity contribution is 0.0148. The minimum atomic E-state index is -3.72. The zero-order valence-electron chi connectivity index (χ0n) is 16.6. The SMILES string of the molecule is Cc1cnc(C(=O)Cc2ccc(F)c([C@]3(C)CS(=O)(=O)C4(COC4)C(N)=N3)c2)cn1. The number of halogens is 1. The van der Waals surface area contributed by atoms with E-state index in [1.165, 1.54) is 37.5 Å². The summed E-state index contributed by atoms with van der Waals surface area (Å²) in [7, 11) is -3.72. The molecule has 30 heavy (non-hydrogen) atoms. The van der Waals surface area contributed by atoms with Crippen LogP contribution in [0.3, 0.4) is 0 Å². The number of aryl methyl sites for hydroxylation is 1. The number of hydrogen-bond donors (Lipinski definition) is 1. The fraction of sp³-hybridized carbons (Fsp3) is 0.400. The molecule has 0 aliphatic carbocycles. The highest BCUT2D eigenvalue weighted by Gasteiger charge is 2.59. The van der Waals surface area contributed by atoms with Gasteiger partial charge < -0.3 is 10.5 Å². The van der Waals surface area contributed by atoms with Crippen LogP contribution < -0.4 is 5.73 Å². The second-order valence-electron chi connectivity index (χ2n) is 7.97. The topological polar surface area (TPSA) is 125 Å². The summed E-state index contributed by atoms with van der Waals surface area (Å²) in [5, 5.41) is 0. The zero-order valence-corrected chi connectivity index (χ0v) is 17.4. The average Bonchev–Trinajstić information content (AvgIpc) is 2.61. The summed E-state index contributed by atoms with van der Waals surface area (Å²) in [5.41, 5.74) is 6.09.